The van der Waals surface area contributed by atoms with Crippen LogP contribution in [0.1, 0.15) is 32.1 Å². The van der Waals surface area contributed by atoms with E-state index in [1.54, 1.807) is 0 Å². The molecule has 0 amide bonds. The summed E-state index contributed by atoms with van der Waals surface area (Å²) in [4.78, 5) is 27.7. The van der Waals surface area contributed by atoms with Crippen LogP contribution in [0.4, 0.5) is 0 Å². The van der Waals surface area contributed by atoms with Crippen LogP contribution in [0, 0.1) is 0 Å². The zero-order valence-electron chi connectivity index (χ0n) is 8.70. The van der Waals surface area contributed by atoms with Gasteiger partial charge in [0.05, 0.1) is 0 Å². The molecule has 1 unspecified atom stereocenters. The van der Waals surface area contributed by atoms with E-state index in [1.165, 1.54) is 12.2 Å². The highest BCUT2D eigenvalue weighted by Gasteiger charge is 2.20. The van der Waals surface area contributed by atoms with E-state index >= 15 is 0 Å². The van der Waals surface area contributed by atoms with Crippen molar-refractivity contribution in [1.29, 1.82) is 0 Å². The Morgan fingerprint density at radius 3 is 2.75 bits per heavy atom. The van der Waals surface area contributed by atoms with Gasteiger partial charge in [0.1, 0.15) is 0 Å². The monoisotopic (exact) mass is 286 g/mol. The molecule has 0 spiro atoms. The lowest BCUT2D eigenvalue weighted by Gasteiger charge is -2.07. The highest BCUT2D eigenvalue weighted by molar-refractivity contribution is 8.77. The summed E-state index contributed by atoms with van der Waals surface area (Å²) in [5.74, 6) is 0.372. The van der Waals surface area contributed by atoms with E-state index in [9.17, 15) is 9.36 Å². The van der Waals surface area contributed by atoms with Crippen molar-refractivity contribution < 1.29 is 23.7 Å². The Kier molecular flexibility index (Phi) is 6.21. The molecule has 0 aromatic heterocycles. The van der Waals surface area contributed by atoms with Gasteiger partial charge in [0.2, 0.25) is 0 Å². The Bertz CT molecular complexity index is 274. The number of carbonyl (C=O) groups excluding carboxylic acids is 1. The average molecular weight is 286 g/mol. The Labute approximate surface area is 102 Å². The molecule has 5 nitrogen and oxygen atoms in total. The Balaban J connectivity index is 2.02. The van der Waals surface area contributed by atoms with Gasteiger partial charge >= 0.3 is 13.8 Å². The van der Waals surface area contributed by atoms with Crippen LogP contribution in [0.5, 0.6) is 0 Å². The molecule has 1 aliphatic rings. The third-order valence-electron chi connectivity index (χ3n) is 2.11. The fraction of sp³-hybridized carbons (Fsp3) is 0.875. The van der Waals surface area contributed by atoms with Crippen molar-refractivity contribution in [3.63, 3.8) is 0 Å². The van der Waals surface area contributed by atoms with Gasteiger partial charge in [0, 0.05) is 17.4 Å². The SMILES string of the molecule is O=C(CCCCC1CCSS1)OP(=O)(O)O. The van der Waals surface area contributed by atoms with Crippen LogP contribution in [-0.4, -0.2) is 26.8 Å². The van der Waals surface area contributed by atoms with Crippen molar-refractivity contribution >= 4 is 35.4 Å². The summed E-state index contributed by atoms with van der Waals surface area (Å²) in [5, 5.41) is 0.669. The van der Waals surface area contributed by atoms with Gasteiger partial charge in [-0.1, -0.05) is 28.0 Å². The van der Waals surface area contributed by atoms with Crippen molar-refractivity contribution in [1.82, 2.24) is 0 Å². The molecule has 94 valence electrons. The van der Waals surface area contributed by atoms with Crippen LogP contribution in [0.25, 0.3) is 0 Å². The van der Waals surface area contributed by atoms with Crippen molar-refractivity contribution in [3.8, 4) is 0 Å². The first-order chi connectivity index (χ1) is 7.47. The van der Waals surface area contributed by atoms with Crippen LogP contribution < -0.4 is 0 Å². The first kappa shape index (κ1) is 14.4. The van der Waals surface area contributed by atoms with Gasteiger partial charge in [-0.3, -0.25) is 14.6 Å². The minimum absolute atomic E-state index is 0.0790. The number of rotatable bonds is 6. The van der Waals surface area contributed by atoms with E-state index < -0.39 is 13.8 Å². The average Bonchev–Trinajstić information content (AvgIpc) is 2.62. The molecular formula is C8H15O5PS2. The molecule has 16 heavy (non-hydrogen) atoms. The molecule has 1 saturated heterocycles. The van der Waals surface area contributed by atoms with Crippen molar-refractivity contribution in [2.75, 3.05) is 5.75 Å². The maximum atomic E-state index is 10.9. The van der Waals surface area contributed by atoms with Crippen molar-refractivity contribution in [3.05, 3.63) is 0 Å². The standard InChI is InChI=1S/C8H15O5PS2/c9-8(13-14(10,11)12)4-2-1-3-7-5-6-15-16-7/h7H,1-6H2,(H2,10,11,12). The fourth-order valence-corrected chi connectivity index (χ4v) is 4.77. The van der Waals surface area contributed by atoms with E-state index in [4.69, 9.17) is 9.79 Å². The molecule has 8 heteroatoms. The third-order valence-corrected chi connectivity index (χ3v) is 5.55. The number of hydrogen-bond acceptors (Lipinski definition) is 5. The summed E-state index contributed by atoms with van der Waals surface area (Å²) in [5.41, 5.74) is 0. The Morgan fingerprint density at radius 2 is 2.19 bits per heavy atom. The van der Waals surface area contributed by atoms with Crippen molar-refractivity contribution in [2.45, 2.75) is 37.4 Å². The quantitative estimate of drug-likeness (QED) is 0.440. The van der Waals surface area contributed by atoms with Crippen molar-refractivity contribution in [2.24, 2.45) is 0 Å². The van der Waals surface area contributed by atoms with Crippen LogP contribution in [0.3, 0.4) is 0 Å². The molecule has 1 fully saturated rings. The molecule has 1 aliphatic heterocycles. The summed E-state index contributed by atoms with van der Waals surface area (Å²) in [6.45, 7) is 0. The highest BCUT2D eigenvalue weighted by atomic mass is 33.1. The minimum atomic E-state index is -4.65. The summed E-state index contributed by atoms with van der Waals surface area (Å²) in [6, 6.07) is 0. The lowest BCUT2D eigenvalue weighted by Crippen LogP contribution is -2.03. The molecule has 0 bridgehead atoms. The summed E-state index contributed by atoms with van der Waals surface area (Å²) in [7, 11) is -0.884. The zero-order valence-corrected chi connectivity index (χ0v) is 11.2. The number of carbonyl (C=O) groups is 1. The maximum absolute atomic E-state index is 10.9. The van der Waals surface area contributed by atoms with Gasteiger partial charge in [-0.15, -0.1) is 0 Å². The first-order valence-electron chi connectivity index (χ1n) is 5.03. The van der Waals surface area contributed by atoms with Gasteiger partial charge < -0.3 is 4.52 Å². The maximum Gasteiger partial charge on any atom is 0.526 e. The van der Waals surface area contributed by atoms with E-state index in [1.807, 2.05) is 21.6 Å². The number of phosphoric acid groups is 1. The number of unbranched alkanes of at least 4 members (excludes halogenated alkanes) is 1. The van der Waals surface area contributed by atoms with E-state index in [0.29, 0.717) is 11.7 Å². The van der Waals surface area contributed by atoms with Gasteiger partial charge in [0.25, 0.3) is 0 Å². The van der Waals surface area contributed by atoms with E-state index in [0.717, 1.165) is 12.8 Å². The van der Waals surface area contributed by atoms with E-state index in [2.05, 4.69) is 4.52 Å². The van der Waals surface area contributed by atoms with Crippen LogP contribution in [0.15, 0.2) is 0 Å². The minimum Gasteiger partial charge on any atom is -0.371 e. The van der Waals surface area contributed by atoms with Gasteiger partial charge in [-0.05, 0) is 19.3 Å². The second-order valence-corrected chi connectivity index (χ2v) is 7.48. The molecule has 2 N–H and O–H groups in total. The summed E-state index contributed by atoms with van der Waals surface area (Å²) < 4.78 is 14.3. The van der Waals surface area contributed by atoms with E-state index in [-0.39, 0.29) is 6.42 Å². The lowest BCUT2D eigenvalue weighted by atomic mass is 10.1. The second kappa shape index (κ2) is 6.91. The second-order valence-electron chi connectivity index (χ2n) is 3.53. The highest BCUT2D eigenvalue weighted by Crippen LogP contribution is 2.40. The van der Waals surface area contributed by atoms with Crippen LogP contribution >= 0.6 is 29.4 Å². The molecule has 0 aromatic rings. The molecule has 0 radical (unpaired) electrons. The predicted octanol–water partition coefficient (Wildman–Crippen LogP) is 2.34. The number of phosphoric ester groups is 1. The predicted molar refractivity (Wildman–Crippen MR) is 65.1 cm³/mol. The Hall–Kier alpha value is 0.320. The smallest absolute Gasteiger partial charge is 0.371 e. The largest absolute Gasteiger partial charge is 0.526 e. The summed E-state index contributed by atoms with van der Waals surface area (Å²) in [6.07, 6.45) is 3.87. The fourth-order valence-electron chi connectivity index (χ4n) is 1.38. The van der Waals surface area contributed by atoms with Gasteiger partial charge in [0.15, 0.2) is 0 Å². The lowest BCUT2D eigenvalue weighted by molar-refractivity contribution is -0.135. The normalized spacial score (nSPS) is 21.0. The summed E-state index contributed by atoms with van der Waals surface area (Å²) >= 11 is 0. The topological polar surface area (TPSA) is 83.8 Å². The van der Waals surface area contributed by atoms with Gasteiger partial charge in [-0.25, -0.2) is 4.57 Å². The molecule has 0 saturated carbocycles. The molecule has 0 aliphatic carbocycles. The zero-order chi connectivity index (χ0) is 12.0. The van der Waals surface area contributed by atoms with Crippen LogP contribution in [-0.2, 0) is 13.9 Å². The molecule has 1 rings (SSSR count). The molecule has 1 atom stereocenters. The first-order valence-corrected chi connectivity index (χ1v) is 8.95. The third kappa shape index (κ3) is 6.81. The number of hydrogen-bond donors (Lipinski definition) is 2. The molecule has 1 heterocycles. The Morgan fingerprint density at radius 1 is 1.44 bits per heavy atom. The van der Waals surface area contributed by atoms with Gasteiger partial charge in [-0.2, -0.15) is 0 Å². The van der Waals surface area contributed by atoms with Crippen LogP contribution in [0.2, 0.25) is 0 Å². The molecule has 0 aromatic carbocycles. The molecular weight excluding hydrogens is 271 g/mol.